The number of carbonyl (C=O) groups is 1. The quantitative estimate of drug-likeness (QED) is 0.856. The van der Waals surface area contributed by atoms with Gasteiger partial charge in [-0.1, -0.05) is 12.1 Å². The van der Waals surface area contributed by atoms with Gasteiger partial charge < -0.3 is 9.64 Å². The molecule has 0 spiro atoms. The molecule has 140 valence electrons. The van der Waals surface area contributed by atoms with E-state index in [1.54, 1.807) is 17.9 Å². The first-order valence-corrected chi connectivity index (χ1v) is 9.96. The number of likely N-dealkylation sites (tertiary alicyclic amines) is 1. The Morgan fingerprint density at radius 2 is 2.08 bits per heavy atom. The van der Waals surface area contributed by atoms with Gasteiger partial charge >= 0.3 is 6.09 Å². The van der Waals surface area contributed by atoms with Crippen molar-refractivity contribution < 1.29 is 17.9 Å². The van der Waals surface area contributed by atoms with Gasteiger partial charge in [-0.2, -0.15) is 5.11 Å². The Morgan fingerprint density at radius 3 is 2.65 bits per heavy atom. The maximum atomic E-state index is 12.0. The summed E-state index contributed by atoms with van der Waals surface area (Å²) >= 11 is 0. The molecule has 2 N–H and O–H groups in total. The third-order valence-electron chi connectivity index (χ3n) is 4.50. The lowest BCUT2D eigenvalue weighted by atomic mass is 9.86. The number of hydrogen-bond donors (Lipinski definition) is 1. The van der Waals surface area contributed by atoms with E-state index < -0.39 is 10.0 Å². The second-order valence-electron chi connectivity index (χ2n) is 6.09. The van der Waals surface area contributed by atoms with Crippen molar-refractivity contribution in [1.82, 2.24) is 4.90 Å². The molecular weight excluding hydrogens is 358 g/mol. The van der Waals surface area contributed by atoms with Crippen molar-refractivity contribution in [2.75, 3.05) is 26.4 Å². The number of carbonyl (C=O) groups excluding carboxylic acids is 1. The zero-order chi connectivity index (χ0) is 18.7. The lowest BCUT2D eigenvalue weighted by Gasteiger charge is -2.32. The highest BCUT2D eigenvalue weighted by Gasteiger charge is 2.30. The largest absolute Gasteiger partial charge is 0.450 e. The third kappa shape index (κ3) is 3.75. The van der Waals surface area contributed by atoms with Gasteiger partial charge in [-0.25, -0.2) is 23.3 Å². The Morgan fingerprint density at radius 1 is 1.35 bits per heavy atom. The molecule has 0 radical (unpaired) electrons. The number of nitrogens with zero attached hydrogens (tertiary/aromatic N) is 4. The lowest BCUT2D eigenvalue weighted by Crippen LogP contribution is -2.38. The molecule has 0 aliphatic carbocycles. The molecule has 2 heterocycles. The monoisotopic (exact) mass is 379 g/mol. The standard InChI is InChI=1S/C16H21N5O4S/c1-2-25-16(22)21-8-6-11(7-9-21)12-4-3-5-13(26(17,23)24)14(12)15-18-10-19-20-15/h3-5,11H,2,6-10H2,1H3,(H2,17,23,24). The maximum absolute atomic E-state index is 12.0. The number of aliphatic imine (C=N–C) groups is 1. The topological polar surface area (TPSA) is 127 Å². The molecule has 9 nitrogen and oxygen atoms in total. The molecule has 0 saturated carbocycles. The summed E-state index contributed by atoms with van der Waals surface area (Å²) in [6.07, 6.45) is 1.05. The van der Waals surface area contributed by atoms with E-state index in [-0.39, 0.29) is 29.4 Å². The normalized spacial score (nSPS) is 18.1. The van der Waals surface area contributed by atoms with Crippen LogP contribution in [0.15, 0.2) is 38.3 Å². The summed E-state index contributed by atoms with van der Waals surface area (Å²) in [5, 5.41) is 13.2. The highest BCUT2D eigenvalue weighted by Crippen LogP contribution is 2.34. The Balaban J connectivity index is 1.92. The number of amidine groups is 1. The summed E-state index contributed by atoms with van der Waals surface area (Å²) in [7, 11) is -3.93. The van der Waals surface area contributed by atoms with Crippen molar-refractivity contribution in [1.29, 1.82) is 0 Å². The number of benzene rings is 1. The average Bonchev–Trinajstić information content (AvgIpc) is 3.15. The molecule has 0 bridgehead atoms. The number of amides is 1. The van der Waals surface area contributed by atoms with Crippen LogP contribution in [0.25, 0.3) is 0 Å². The fraction of sp³-hybridized carbons (Fsp3) is 0.500. The molecule has 2 aliphatic heterocycles. The fourth-order valence-corrected chi connectivity index (χ4v) is 4.07. The molecule has 0 unspecified atom stereocenters. The Bertz CT molecular complexity index is 857. The van der Waals surface area contributed by atoms with Crippen LogP contribution in [-0.2, 0) is 14.8 Å². The molecular formula is C16H21N5O4S. The second kappa shape index (κ2) is 7.50. The van der Waals surface area contributed by atoms with Gasteiger partial charge in [-0.3, -0.25) is 0 Å². The zero-order valence-corrected chi connectivity index (χ0v) is 15.3. The third-order valence-corrected chi connectivity index (χ3v) is 5.45. The van der Waals surface area contributed by atoms with Gasteiger partial charge in [0.1, 0.15) is 0 Å². The Hall–Kier alpha value is -2.33. The van der Waals surface area contributed by atoms with Crippen LogP contribution in [-0.4, -0.2) is 51.6 Å². The number of hydrogen-bond acceptors (Lipinski definition) is 7. The highest BCUT2D eigenvalue weighted by atomic mass is 32.2. The maximum Gasteiger partial charge on any atom is 0.409 e. The lowest BCUT2D eigenvalue weighted by molar-refractivity contribution is 0.0970. The predicted molar refractivity (Wildman–Crippen MR) is 94.6 cm³/mol. The average molecular weight is 379 g/mol. The van der Waals surface area contributed by atoms with E-state index in [9.17, 15) is 13.2 Å². The number of nitrogens with two attached hydrogens (primary N) is 1. The predicted octanol–water partition coefficient (Wildman–Crippen LogP) is 1.84. The zero-order valence-electron chi connectivity index (χ0n) is 14.5. The molecule has 3 rings (SSSR count). The van der Waals surface area contributed by atoms with Crippen molar-refractivity contribution in [2.45, 2.75) is 30.6 Å². The van der Waals surface area contributed by atoms with Crippen molar-refractivity contribution in [2.24, 2.45) is 20.4 Å². The van der Waals surface area contributed by atoms with E-state index in [0.717, 1.165) is 5.56 Å². The number of piperidine rings is 1. The van der Waals surface area contributed by atoms with E-state index in [1.165, 1.54) is 6.07 Å². The molecule has 1 amide bonds. The second-order valence-corrected chi connectivity index (χ2v) is 7.62. The van der Waals surface area contributed by atoms with E-state index >= 15 is 0 Å². The first-order valence-electron chi connectivity index (χ1n) is 8.41. The minimum absolute atomic E-state index is 0.00224. The van der Waals surface area contributed by atoms with Crippen LogP contribution in [0.2, 0.25) is 0 Å². The number of sulfonamides is 1. The van der Waals surface area contributed by atoms with E-state index in [2.05, 4.69) is 15.2 Å². The van der Waals surface area contributed by atoms with Crippen LogP contribution >= 0.6 is 0 Å². The fourth-order valence-electron chi connectivity index (χ4n) is 3.31. The van der Waals surface area contributed by atoms with E-state index in [4.69, 9.17) is 9.88 Å². The summed E-state index contributed by atoms with van der Waals surface area (Å²) in [5.74, 6) is 0.355. The van der Waals surface area contributed by atoms with Crippen LogP contribution in [0, 0.1) is 0 Å². The molecule has 1 aromatic rings. The van der Waals surface area contributed by atoms with Gasteiger partial charge in [0.25, 0.3) is 0 Å². The van der Waals surface area contributed by atoms with Gasteiger partial charge in [0.2, 0.25) is 10.0 Å². The van der Waals surface area contributed by atoms with E-state index in [1.807, 2.05) is 6.07 Å². The molecule has 10 heteroatoms. The Kier molecular flexibility index (Phi) is 5.33. The van der Waals surface area contributed by atoms with Crippen LogP contribution in [0.3, 0.4) is 0 Å². The summed E-state index contributed by atoms with van der Waals surface area (Å²) in [5.41, 5.74) is 1.24. The van der Waals surface area contributed by atoms with E-state index in [0.29, 0.717) is 38.1 Å². The minimum atomic E-state index is -3.93. The van der Waals surface area contributed by atoms with Crippen LogP contribution in [0.1, 0.15) is 36.8 Å². The van der Waals surface area contributed by atoms with Gasteiger partial charge in [0.05, 0.1) is 11.5 Å². The minimum Gasteiger partial charge on any atom is -0.450 e. The SMILES string of the molecule is CCOC(=O)N1CCC(c2cccc(S(N)(=O)=O)c2C2=NCN=N2)CC1. The first kappa shape index (κ1) is 18.5. The highest BCUT2D eigenvalue weighted by molar-refractivity contribution is 7.89. The van der Waals surface area contributed by atoms with Crippen LogP contribution < -0.4 is 5.14 Å². The molecule has 1 saturated heterocycles. The number of rotatable bonds is 4. The van der Waals surface area contributed by atoms with Crippen LogP contribution in [0.5, 0.6) is 0 Å². The van der Waals surface area contributed by atoms with Gasteiger partial charge in [-0.15, -0.1) is 5.11 Å². The number of ether oxygens (including phenoxy) is 1. The summed E-state index contributed by atoms with van der Waals surface area (Å²) in [4.78, 5) is 17.7. The van der Waals surface area contributed by atoms with Gasteiger partial charge in [0.15, 0.2) is 12.5 Å². The molecule has 0 aromatic heterocycles. The summed E-state index contributed by atoms with van der Waals surface area (Å²) in [6.45, 7) is 3.36. The first-order chi connectivity index (χ1) is 12.4. The number of primary sulfonamides is 1. The molecule has 26 heavy (non-hydrogen) atoms. The van der Waals surface area contributed by atoms with Crippen molar-refractivity contribution >= 4 is 22.0 Å². The molecule has 1 fully saturated rings. The van der Waals surface area contributed by atoms with Crippen LogP contribution in [0.4, 0.5) is 4.79 Å². The van der Waals surface area contributed by atoms with Crippen molar-refractivity contribution in [3.8, 4) is 0 Å². The molecule has 1 aromatic carbocycles. The van der Waals surface area contributed by atoms with Gasteiger partial charge in [0, 0.05) is 18.7 Å². The van der Waals surface area contributed by atoms with Gasteiger partial charge in [-0.05, 0) is 37.3 Å². The Labute approximate surface area is 152 Å². The summed E-state index contributed by atoms with van der Waals surface area (Å²) < 4.78 is 29.1. The molecule has 2 aliphatic rings. The summed E-state index contributed by atoms with van der Waals surface area (Å²) in [6, 6.07) is 4.99. The number of azo groups is 1. The molecule has 0 atom stereocenters. The van der Waals surface area contributed by atoms with Crippen molar-refractivity contribution in [3.63, 3.8) is 0 Å². The smallest absolute Gasteiger partial charge is 0.409 e. The van der Waals surface area contributed by atoms with Crippen molar-refractivity contribution in [3.05, 3.63) is 29.3 Å².